The van der Waals surface area contributed by atoms with E-state index >= 15 is 0 Å². The average molecular weight is 335 g/mol. The van der Waals surface area contributed by atoms with Crippen LogP contribution in [-0.2, 0) is 0 Å². The van der Waals surface area contributed by atoms with Crippen LogP contribution in [0.2, 0.25) is 0 Å². The lowest BCUT2D eigenvalue weighted by atomic mass is 9.99. The van der Waals surface area contributed by atoms with Crippen molar-refractivity contribution in [2.24, 2.45) is 0 Å². The number of likely N-dealkylation sites (tertiary alicyclic amines) is 1. The molecule has 25 heavy (non-hydrogen) atoms. The number of H-pyrrole nitrogens is 1. The van der Waals surface area contributed by atoms with Gasteiger partial charge < -0.3 is 14.6 Å². The van der Waals surface area contributed by atoms with E-state index in [2.05, 4.69) is 16.0 Å². The number of pyridine rings is 1. The number of aromatic nitrogens is 2. The Morgan fingerprint density at radius 3 is 3.04 bits per heavy atom. The van der Waals surface area contributed by atoms with Gasteiger partial charge in [-0.05, 0) is 54.8 Å². The fourth-order valence-corrected chi connectivity index (χ4v) is 3.69. The zero-order valence-corrected chi connectivity index (χ0v) is 14.5. The number of aromatic amines is 1. The molecule has 4 rings (SSSR count). The van der Waals surface area contributed by atoms with Gasteiger partial charge in [0.1, 0.15) is 11.4 Å². The summed E-state index contributed by atoms with van der Waals surface area (Å²) in [7, 11) is 1.64. The highest BCUT2D eigenvalue weighted by Crippen LogP contribution is 2.33. The quantitative estimate of drug-likeness (QED) is 0.797. The van der Waals surface area contributed by atoms with Crippen molar-refractivity contribution in [3.05, 3.63) is 59.4 Å². The molecule has 1 saturated heterocycles. The number of nitrogens with zero attached hydrogens (tertiary/aromatic N) is 2. The molecule has 0 saturated carbocycles. The number of methoxy groups -OCH3 is 1. The van der Waals surface area contributed by atoms with Crippen LogP contribution >= 0.6 is 0 Å². The average Bonchev–Trinajstić information content (AvgIpc) is 3.27. The number of hydrogen-bond donors (Lipinski definition) is 1. The van der Waals surface area contributed by atoms with Crippen molar-refractivity contribution in [1.29, 1.82) is 0 Å². The van der Waals surface area contributed by atoms with E-state index in [4.69, 9.17) is 4.74 Å². The molecule has 1 N–H and O–H groups in total. The van der Waals surface area contributed by atoms with Crippen LogP contribution in [0, 0.1) is 6.92 Å². The number of ether oxygens (including phenoxy) is 1. The zero-order valence-electron chi connectivity index (χ0n) is 14.5. The number of carbonyl (C=O) groups excluding carboxylic acids is 1. The monoisotopic (exact) mass is 335 g/mol. The highest BCUT2D eigenvalue weighted by Gasteiger charge is 2.30. The van der Waals surface area contributed by atoms with Gasteiger partial charge in [-0.25, -0.2) is 4.98 Å². The lowest BCUT2D eigenvalue weighted by Gasteiger charge is -2.18. The summed E-state index contributed by atoms with van der Waals surface area (Å²) >= 11 is 0. The maximum absolute atomic E-state index is 12.9. The topological polar surface area (TPSA) is 58.2 Å². The summed E-state index contributed by atoms with van der Waals surface area (Å²) in [5.41, 5.74) is 3.87. The molecule has 128 valence electrons. The number of rotatable bonds is 3. The second-order valence-electron chi connectivity index (χ2n) is 6.56. The number of benzene rings is 1. The molecule has 1 aromatic carbocycles. The van der Waals surface area contributed by atoms with Crippen molar-refractivity contribution in [2.75, 3.05) is 20.2 Å². The standard InChI is InChI=1S/C20H21N3O2/c1-13-10-15(25-2)5-6-16(13)20(24)23-9-7-14(12-23)18-11-22-19-17(18)4-3-8-21-19/h3-6,8,10-11,14H,7,9,12H2,1-2H3,(H,21,22). The van der Waals surface area contributed by atoms with Crippen LogP contribution in [0.4, 0.5) is 0 Å². The molecule has 0 spiro atoms. The van der Waals surface area contributed by atoms with Gasteiger partial charge in [0.15, 0.2) is 0 Å². The zero-order chi connectivity index (χ0) is 17.4. The summed E-state index contributed by atoms with van der Waals surface area (Å²) in [6.45, 7) is 3.47. The first-order valence-electron chi connectivity index (χ1n) is 8.53. The normalized spacial score (nSPS) is 17.2. The third-order valence-corrected chi connectivity index (χ3v) is 5.06. The molecular weight excluding hydrogens is 314 g/mol. The van der Waals surface area contributed by atoms with Crippen LogP contribution < -0.4 is 4.74 Å². The highest BCUT2D eigenvalue weighted by molar-refractivity contribution is 5.96. The van der Waals surface area contributed by atoms with Crippen LogP contribution in [0.5, 0.6) is 5.75 Å². The van der Waals surface area contributed by atoms with Gasteiger partial charge in [-0.1, -0.05) is 0 Å². The molecule has 1 atom stereocenters. The second-order valence-corrected chi connectivity index (χ2v) is 6.56. The summed E-state index contributed by atoms with van der Waals surface area (Å²) in [5.74, 6) is 1.22. The van der Waals surface area contributed by atoms with Gasteiger partial charge in [-0.3, -0.25) is 4.79 Å². The van der Waals surface area contributed by atoms with E-state index in [0.717, 1.165) is 47.4 Å². The third-order valence-electron chi connectivity index (χ3n) is 5.06. The van der Waals surface area contributed by atoms with Gasteiger partial charge in [0.25, 0.3) is 5.91 Å². The van der Waals surface area contributed by atoms with Gasteiger partial charge >= 0.3 is 0 Å². The summed E-state index contributed by atoms with van der Waals surface area (Å²) in [6.07, 6.45) is 4.80. The van der Waals surface area contributed by atoms with E-state index < -0.39 is 0 Å². The van der Waals surface area contributed by atoms with Crippen molar-refractivity contribution in [3.8, 4) is 5.75 Å². The molecule has 1 fully saturated rings. The lowest BCUT2D eigenvalue weighted by Crippen LogP contribution is -2.29. The fraction of sp³-hybridized carbons (Fsp3) is 0.300. The van der Waals surface area contributed by atoms with Gasteiger partial charge in [0, 0.05) is 42.4 Å². The lowest BCUT2D eigenvalue weighted by molar-refractivity contribution is 0.0790. The van der Waals surface area contributed by atoms with Crippen molar-refractivity contribution < 1.29 is 9.53 Å². The fourth-order valence-electron chi connectivity index (χ4n) is 3.69. The minimum atomic E-state index is 0.0978. The van der Waals surface area contributed by atoms with Crippen molar-refractivity contribution in [3.63, 3.8) is 0 Å². The Labute approximate surface area is 146 Å². The summed E-state index contributed by atoms with van der Waals surface area (Å²) < 4.78 is 5.23. The Bertz CT molecular complexity index is 932. The van der Waals surface area contributed by atoms with Crippen molar-refractivity contribution >= 4 is 16.9 Å². The van der Waals surface area contributed by atoms with Gasteiger partial charge in [0.05, 0.1) is 7.11 Å². The molecular formula is C20H21N3O2. The maximum Gasteiger partial charge on any atom is 0.254 e. The Morgan fingerprint density at radius 1 is 1.36 bits per heavy atom. The number of hydrogen-bond acceptors (Lipinski definition) is 3. The van der Waals surface area contributed by atoms with Crippen molar-refractivity contribution in [2.45, 2.75) is 19.3 Å². The van der Waals surface area contributed by atoms with E-state index in [1.165, 1.54) is 5.56 Å². The number of carbonyl (C=O) groups is 1. The van der Waals surface area contributed by atoms with E-state index in [9.17, 15) is 4.79 Å². The number of fused-ring (bicyclic) bond motifs is 1. The van der Waals surface area contributed by atoms with Crippen LogP contribution in [-0.4, -0.2) is 41.0 Å². The molecule has 5 nitrogen and oxygen atoms in total. The van der Waals surface area contributed by atoms with E-state index in [1.54, 1.807) is 13.3 Å². The first-order valence-corrected chi connectivity index (χ1v) is 8.53. The highest BCUT2D eigenvalue weighted by atomic mass is 16.5. The Kier molecular flexibility index (Phi) is 3.92. The smallest absolute Gasteiger partial charge is 0.254 e. The first kappa shape index (κ1) is 15.7. The SMILES string of the molecule is COc1ccc(C(=O)N2CCC(c3c[nH]c4ncccc34)C2)c(C)c1. The number of aryl methyl sites for hydroxylation is 1. The van der Waals surface area contributed by atoms with Gasteiger partial charge in [-0.2, -0.15) is 0 Å². The molecule has 5 heteroatoms. The van der Waals surface area contributed by atoms with Crippen LogP contribution in [0.15, 0.2) is 42.7 Å². The molecule has 1 amide bonds. The molecule has 3 heterocycles. The summed E-state index contributed by atoms with van der Waals surface area (Å²) in [6, 6.07) is 9.66. The Morgan fingerprint density at radius 2 is 2.24 bits per heavy atom. The second kappa shape index (κ2) is 6.24. The largest absolute Gasteiger partial charge is 0.497 e. The summed E-state index contributed by atoms with van der Waals surface area (Å²) in [4.78, 5) is 22.5. The van der Waals surface area contributed by atoms with Crippen LogP contribution in [0.25, 0.3) is 11.0 Å². The van der Waals surface area contributed by atoms with E-state index in [1.807, 2.05) is 42.3 Å². The van der Waals surface area contributed by atoms with E-state index in [0.29, 0.717) is 5.92 Å². The van der Waals surface area contributed by atoms with E-state index in [-0.39, 0.29) is 5.91 Å². The third kappa shape index (κ3) is 2.76. The van der Waals surface area contributed by atoms with Gasteiger partial charge in [0.2, 0.25) is 0 Å². The molecule has 2 aromatic heterocycles. The molecule has 0 bridgehead atoms. The predicted molar refractivity (Wildman–Crippen MR) is 97.1 cm³/mol. The first-order chi connectivity index (χ1) is 12.2. The van der Waals surface area contributed by atoms with Crippen LogP contribution in [0.1, 0.15) is 33.8 Å². The van der Waals surface area contributed by atoms with Crippen molar-refractivity contribution in [1.82, 2.24) is 14.9 Å². The number of nitrogens with one attached hydrogen (secondary N) is 1. The predicted octanol–water partition coefficient (Wildman–Crippen LogP) is 3.51. The Hall–Kier alpha value is -2.82. The molecule has 0 aliphatic carbocycles. The molecule has 0 radical (unpaired) electrons. The summed E-state index contributed by atoms with van der Waals surface area (Å²) in [5, 5.41) is 1.16. The van der Waals surface area contributed by atoms with Crippen LogP contribution in [0.3, 0.4) is 0 Å². The Balaban J connectivity index is 1.55. The minimum Gasteiger partial charge on any atom is -0.497 e. The van der Waals surface area contributed by atoms with Gasteiger partial charge in [-0.15, -0.1) is 0 Å². The molecule has 1 aliphatic heterocycles. The minimum absolute atomic E-state index is 0.0978. The maximum atomic E-state index is 12.9. The number of amides is 1. The molecule has 3 aromatic rings. The molecule has 1 aliphatic rings. The molecule has 1 unspecified atom stereocenters.